The molecular formula is C17H17BrClNO4S. The molecule has 5 nitrogen and oxygen atoms in total. The van der Waals surface area contributed by atoms with E-state index >= 15 is 0 Å². The Morgan fingerprint density at radius 3 is 2.32 bits per heavy atom. The SMILES string of the molecule is COc1cc2c(cc1OC)CN(S(=O)(=O)c1ccc(Br)cc1Cl)CC2. The standard InChI is InChI=1S/C17H17BrClNO4S/c1-23-15-7-11-5-6-20(10-12(11)8-16(15)24-2)25(21,22)17-4-3-13(18)9-14(17)19/h3-4,7-9H,5-6,10H2,1-2H3. The van der Waals surface area contributed by atoms with E-state index in [1.165, 1.54) is 10.4 Å². The maximum Gasteiger partial charge on any atom is 0.244 e. The number of hydrogen-bond donors (Lipinski definition) is 0. The number of halogens is 2. The molecule has 0 spiro atoms. The lowest BCUT2D eigenvalue weighted by atomic mass is 10.0. The summed E-state index contributed by atoms with van der Waals surface area (Å²) < 4.78 is 38.8. The molecule has 1 aliphatic heterocycles. The number of rotatable bonds is 4. The second kappa shape index (κ2) is 7.15. The van der Waals surface area contributed by atoms with Gasteiger partial charge in [-0.2, -0.15) is 4.31 Å². The van der Waals surface area contributed by atoms with E-state index in [9.17, 15) is 8.42 Å². The minimum Gasteiger partial charge on any atom is -0.493 e. The number of ether oxygens (including phenoxy) is 2. The molecule has 2 aromatic carbocycles. The molecule has 0 saturated carbocycles. The van der Waals surface area contributed by atoms with Gasteiger partial charge in [0, 0.05) is 17.6 Å². The predicted octanol–water partition coefficient (Wildman–Crippen LogP) is 3.87. The van der Waals surface area contributed by atoms with Crippen LogP contribution in [-0.4, -0.2) is 33.5 Å². The van der Waals surface area contributed by atoms with Crippen LogP contribution in [-0.2, 0) is 23.0 Å². The van der Waals surface area contributed by atoms with Crippen LogP contribution in [0.4, 0.5) is 0 Å². The molecule has 1 heterocycles. The van der Waals surface area contributed by atoms with E-state index in [-0.39, 0.29) is 16.5 Å². The lowest BCUT2D eigenvalue weighted by Gasteiger charge is -2.29. The lowest BCUT2D eigenvalue weighted by Crippen LogP contribution is -2.36. The van der Waals surface area contributed by atoms with Crippen LogP contribution in [0.5, 0.6) is 11.5 Å². The topological polar surface area (TPSA) is 55.8 Å². The normalized spacial score (nSPS) is 14.9. The van der Waals surface area contributed by atoms with Crippen LogP contribution in [0.3, 0.4) is 0 Å². The van der Waals surface area contributed by atoms with Crippen molar-refractivity contribution in [1.29, 1.82) is 0 Å². The highest BCUT2D eigenvalue weighted by Gasteiger charge is 2.30. The molecule has 0 unspecified atom stereocenters. The Kier molecular flexibility index (Phi) is 5.29. The average Bonchev–Trinajstić information content (AvgIpc) is 2.59. The van der Waals surface area contributed by atoms with Crippen LogP contribution >= 0.6 is 27.5 Å². The Labute approximate surface area is 160 Å². The van der Waals surface area contributed by atoms with Crippen LogP contribution < -0.4 is 9.47 Å². The fraction of sp³-hybridized carbons (Fsp3) is 0.294. The van der Waals surface area contributed by atoms with Gasteiger partial charge in [-0.15, -0.1) is 0 Å². The second-order valence-electron chi connectivity index (χ2n) is 5.64. The average molecular weight is 447 g/mol. The fourth-order valence-corrected chi connectivity index (χ4v) is 5.32. The first-order chi connectivity index (χ1) is 11.9. The van der Waals surface area contributed by atoms with Crippen LogP contribution in [0.15, 0.2) is 39.7 Å². The molecule has 3 rings (SSSR count). The molecule has 134 valence electrons. The first-order valence-electron chi connectivity index (χ1n) is 7.56. The Balaban J connectivity index is 1.96. The molecule has 0 atom stereocenters. The zero-order valence-electron chi connectivity index (χ0n) is 13.8. The van der Waals surface area contributed by atoms with Gasteiger partial charge in [-0.05, 0) is 47.9 Å². The summed E-state index contributed by atoms with van der Waals surface area (Å²) >= 11 is 9.44. The molecular weight excluding hydrogens is 430 g/mol. The van der Waals surface area contributed by atoms with Crippen molar-refractivity contribution in [2.75, 3.05) is 20.8 Å². The van der Waals surface area contributed by atoms with Crippen molar-refractivity contribution in [3.05, 3.63) is 51.0 Å². The van der Waals surface area contributed by atoms with Gasteiger partial charge in [0.15, 0.2) is 11.5 Å². The highest BCUT2D eigenvalue weighted by molar-refractivity contribution is 9.10. The second-order valence-corrected chi connectivity index (χ2v) is 8.87. The minimum absolute atomic E-state index is 0.112. The third-order valence-electron chi connectivity index (χ3n) is 4.19. The van der Waals surface area contributed by atoms with Gasteiger partial charge in [0.2, 0.25) is 10.0 Å². The maximum absolute atomic E-state index is 13.0. The van der Waals surface area contributed by atoms with E-state index in [2.05, 4.69) is 15.9 Å². The van der Waals surface area contributed by atoms with Gasteiger partial charge in [0.1, 0.15) is 4.90 Å². The van der Waals surface area contributed by atoms with Crippen molar-refractivity contribution >= 4 is 37.6 Å². The largest absolute Gasteiger partial charge is 0.493 e. The molecule has 25 heavy (non-hydrogen) atoms. The number of nitrogens with zero attached hydrogens (tertiary/aromatic N) is 1. The number of benzene rings is 2. The van der Waals surface area contributed by atoms with E-state index in [0.29, 0.717) is 24.5 Å². The highest BCUT2D eigenvalue weighted by Crippen LogP contribution is 2.35. The van der Waals surface area contributed by atoms with Crippen LogP contribution in [0, 0.1) is 0 Å². The van der Waals surface area contributed by atoms with Crippen molar-refractivity contribution in [3.63, 3.8) is 0 Å². The zero-order valence-corrected chi connectivity index (χ0v) is 16.9. The Morgan fingerprint density at radius 2 is 1.72 bits per heavy atom. The predicted molar refractivity (Wildman–Crippen MR) is 100.0 cm³/mol. The molecule has 0 amide bonds. The van der Waals surface area contributed by atoms with E-state index in [1.54, 1.807) is 26.4 Å². The Bertz CT molecular complexity index is 917. The smallest absolute Gasteiger partial charge is 0.244 e. The molecule has 0 radical (unpaired) electrons. The number of methoxy groups -OCH3 is 2. The summed E-state index contributed by atoms with van der Waals surface area (Å²) in [7, 11) is -0.538. The van der Waals surface area contributed by atoms with Crippen LogP contribution in [0.1, 0.15) is 11.1 Å². The Morgan fingerprint density at radius 1 is 1.08 bits per heavy atom. The van der Waals surface area contributed by atoms with Gasteiger partial charge in [-0.3, -0.25) is 0 Å². The maximum atomic E-state index is 13.0. The summed E-state index contributed by atoms with van der Waals surface area (Å²) in [5.41, 5.74) is 1.96. The highest BCUT2D eigenvalue weighted by atomic mass is 79.9. The van der Waals surface area contributed by atoms with E-state index in [1.807, 2.05) is 12.1 Å². The summed E-state index contributed by atoms with van der Waals surface area (Å²) in [6.45, 7) is 0.654. The van der Waals surface area contributed by atoms with Crippen LogP contribution in [0.25, 0.3) is 0 Å². The summed E-state index contributed by atoms with van der Waals surface area (Å²) in [5.74, 6) is 1.23. The minimum atomic E-state index is -3.68. The van der Waals surface area contributed by atoms with Gasteiger partial charge in [-0.1, -0.05) is 27.5 Å². The molecule has 0 bridgehead atoms. The quantitative estimate of drug-likeness (QED) is 0.715. The van der Waals surface area contributed by atoms with Gasteiger partial charge in [0.05, 0.1) is 19.2 Å². The molecule has 0 fully saturated rings. The molecule has 0 aromatic heterocycles. The third-order valence-corrected chi connectivity index (χ3v) is 7.02. The van der Waals surface area contributed by atoms with Crippen molar-refractivity contribution < 1.29 is 17.9 Å². The molecule has 1 aliphatic rings. The molecule has 0 N–H and O–H groups in total. The monoisotopic (exact) mass is 445 g/mol. The molecule has 0 aliphatic carbocycles. The molecule has 0 saturated heterocycles. The Hall–Kier alpha value is -1.28. The van der Waals surface area contributed by atoms with E-state index in [4.69, 9.17) is 21.1 Å². The zero-order chi connectivity index (χ0) is 18.2. The third kappa shape index (κ3) is 3.51. The van der Waals surface area contributed by atoms with Crippen molar-refractivity contribution in [3.8, 4) is 11.5 Å². The summed E-state index contributed by atoms with van der Waals surface area (Å²) in [6, 6.07) is 8.51. The van der Waals surface area contributed by atoms with Crippen LogP contribution in [0.2, 0.25) is 5.02 Å². The number of hydrogen-bond acceptors (Lipinski definition) is 4. The molecule has 2 aromatic rings. The van der Waals surface area contributed by atoms with Crippen molar-refractivity contribution in [2.45, 2.75) is 17.9 Å². The van der Waals surface area contributed by atoms with Gasteiger partial charge < -0.3 is 9.47 Å². The summed E-state index contributed by atoms with van der Waals surface area (Å²) in [4.78, 5) is 0.112. The van der Waals surface area contributed by atoms with Gasteiger partial charge in [-0.25, -0.2) is 8.42 Å². The summed E-state index contributed by atoms with van der Waals surface area (Å²) in [6.07, 6.45) is 0.600. The lowest BCUT2D eigenvalue weighted by molar-refractivity contribution is 0.348. The van der Waals surface area contributed by atoms with Gasteiger partial charge >= 0.3 is 0 Å². The number of sulfonamides is 1. The first-order valence-corrected chi connectivity index (χ1v) is 10.2. The van der Waals surface area contributed by atoms with E-state index < -0.39 is 10.0 Å². The summed E-state index contributed by atoms with van der Waals surface area (Å²) in [5, 5.41) is 0.201. The van der Waals surface area contributed by atoms with Gasteiger partial charge in [0.25, 0.3) is 0 Å². The van der Waals surface area contributed by atoms with Crippen molar-refractivity contribution in [1.82, 2.24) is 4.31 Å². The first kappa shape index (κ1) is 18.5. The van der Waals surface area contributed by atoms with E-state index in [0.717, 1.165) is 15.6 Å². The molecule has 8 heteroatoms. The van der Waals surface area contributed by atoms with Crippen molar-refractivity contribution in [2.24, 2.45) is 0 Å². The fourth-order valence-electron chi connectivity index (χ4n) is 2.89. The number of fused-ring (bicyclic) bond motifs is 1.